The third-order valence-corrected chi connectivity index (χ3v) is 4.44. The number of nitrogens with one attached hydrogen (secondary N) is 1. The molecule has 1 aliphatic heterocycles. The minimum Gasteiger partial charge on any atom is -0.310 e. The maximum absolute atomic E-state index is 3.65. The SMILES string of the molecule is C[C@@H]1CC[C@@H](c2ccc3sccc3c2)NC1. The van der Waals surface area contributed by atoms with Crippen molar-refractivity contribution in [3.05, 3.63) is 35.2 Å². The normalized spacial score (nSPS) is 26.1. The molecule has 0 amide bonds. The Bertz CT molecular complexity index is 480. The quantitative estimate of drug-likeness (QED) is 0.783. The minimum atomic E-state index is 0.570. The Morgan fingerprint density at radius 3 is 3.00 bits per heavy atom. The molecule has 0 aliphatic carbocycles. The van der Waals surface area contributed by atoms with Crippen LogP contribution in [0.15, 0.2) is 29.6 Å². The first-order valence-corrected chi connectivity index (χ1v) is 6.91. The average Bonchev–Trinajstić information content (AvgIpc) is 2.77. The summed E-state index contributed by atoms with van der Waals surface area (Å²) in [6.07, 6.45) is 2.62. The molecule has 0 radical (unpaired) electrons. The predicted molar refractivity (Wildman–Crippen MR) is 71.0 cm³/mol. The molecule has 3 rings (SSSR count). The van der Waals surface area contributed by atoms with Crippen LogP contribution in [0.5, 0.6) is 0 Å². The van der Waals surface area contributed by atoms with Crippen molar-refractivity contribution in [1.29, 1.82) is 0 Å². The van der Waals surface area contributed by atoms with Crippen molar-refractivity contribution >= 4 is 21.4 Å². The number of piperidine rings is 1. The van der Waals surface area contributed by atoms with Gasteiger partial charge in [-0.3, -0.25) is 0 Å². The van der Waals surface area contributed by atoms with E-state index in [1.54, 1.807) is 0 Å². The first-order valence-electron chi connectivity index (χ1n) is 6.03. The van der Waals surface area contributed by atoms with Crippen molar-refractivity contribution in [3.63, 3.8) is 0 Å². The molecule has 84 valence electrons. The van der Waals surface area contributed by atoms with Crippen molar-refractivity contribution in [2.75, 3.05) is 6.54 Å². The highest BCUT2D eigenvalue weighted by atomic mass is 32.1. The van der Waals surface area contributed by atoms with E-state index >= 15 is 0 Å². The van der Waals surface area contributed by atoms with Crippen molar-refractivity contribution in [1.82, 2.24) is 5.32 Å². The van der Waals surface area contributed by atoms with Crippen LogP contribution in [0, 0.1) is 5.92 Å². The zero-order valence-corrected chi connectivity index (χ0v) is 10.4. The van der Waals surface area contributed by atoms with Crippen LogP contribution >= 0.6 is 11.3 Å². The number of fused-ring (bicyclic) bond motifs is 1. The van der Waals surface area contributed by atoms with Gasteiger partial charge < -0.3 is 5.32 Å². The van der Waals surface area contributed by atoms with Crippen molar-refractivity contribution < 1.29 is 0 Å². The van der Waals surface area contributed by atoms with E-state index in [0.717, 1.165) is 12.5 Å². The summed E-state index contributed by atoms with van der Waals surface area (Å²) in [4.78, 5) is 0. The smallest absolute Gasteiger partial charge is 0.0342 e. The fourth-order valence-corrected chi connectivity index (χ4v) is 3.26. The molecular formula is C14H17NS. The van der Waals surface area contributed by atoms with Crippen LogP contribution in [0.4, 0.5) is 0 Å². The summed E-state index contributed by atoms with van der Waals surface area (Å²) in [6.45, 7) is 3.48. The first-order chi connectivity index (χ1) is 7.83. The Hall–Kier alpha value is -0.860. The Kier molecular flexibility index (Phi) is 2.70. The third kappa shape index (κ3) is 1.87. The van der Waals surface area contributed by atoms with Gasteiger partial charge in [-0.2, -0.15) is 0 Å². The van der Waals surface area contributed by atoms with Gasteiger partial charge in [0.15, 0.2) is 0 Å². The standard InChI is InChI=1S/C14H17NS/c1-10-2-4-13(15-9-10)11-3-5-14-12(8-11)6-7-16-14/h3,5-8,10,13,15H,2,4,9H2,1H3/t10-,13+/m1/s1. The Balaban J connectivity index is 1.87. The molecule has 1 nitrogen and oxygen atoms in total. The molecule has 2 aromatic rings. The third-order valence-electron chi connectivity index (χ3n) is 3.54. The Morgan fingerprint density at radius 2 is 2.19 bits per heavy atom. The van der Waals surface area contributed by atoms with Gasteiger partial charge in [0.1, 0.15) is 0 Å². The summed E-state index contributed by atoms with van der Waals surface area (Å²) >= 11 is 1.82. The van der Waals surface area contributed by atoms with Gasteiger partial charge in [-0.15, -0.1) is 11.3 Å². The van der Waals surface area contributed by atoms with E-state index in [-0.39, 0.29) is 0 Å². The number of hydrogen-bond donors (Lipinski definition) is 1. The van der Waals surface area contributed by atoms with E-state index in [2.05, 4.69) is 41.9 Å². The van der Waals surface area contributed by atoms with Crippen molar-refractivity contribution in [2.24, 2.45) is 5.92 Å². The molecule has 16 heavy (non-hydrogen) atoms. The monoisotopic (exact) mass is 231 g/mol. The van der Waals surface area contributed by atoms with E-state index in [0.29, 0.717) is 6.04 Å². The second-order valence-electron chi connectivity index (χ2n) is 4.86. The molecular weight excluding hydrogens is 214 g/mol. The molecule has 1 saturated heterocycles. The Labute approximate surface area is 100 Å². The van der Waals surface area contributed by atoms with Crippen molar-refractivity contribution in [3.8, 4) is 0 Å². The zero-order chi connectivity index (χ0) is 11.0. The molecule has 1 aliphatic rings. The highest BCUT2D eigenvalue weighted by Crippen LogP contribution is 2.29. The molecule has 0 saturated carbocycles. The van der Waals surface area contributed by atoms with Gasteiger partial charge in [-0.05, 0) is 59.8 Å². The van der Waals surface area contributed by atoms with Crippen molar-refractivity contribution in [2.45, 2.75) is 25.8 Å². The number of thiophene rings is 1. The second kappa shape index (κ2) is 4.19. The molecule has 1 aromatic heterocycles. The fourth-order valence-electron chi connectivity index (χ4n) is 2.49. The predicted octanol–water partition coefficient (Wildman–Crippen LogP) is 3.96. The van der Waals surface area contributed by atoms with Gasteiger partial charge in [-0.25, -0.2) is 0 Å². The fraction of sp³-hybridized carbons (Fsp3) is 0.429. The van der Waals surface area contributed by atoms with Crippen LogP contribution in [-0.4, -0.2) is 6.54 Å². The molecule has 1 N–H and O–H groups in total. The van der Waals surface area contributed by atoms with Gasteiger partial charge in [0.05, 0.1) is 0 Å². The molecule has 2 atom stereocenters. The van der Waals surface area contributed by atoms with Crippen LogP contribution in [0.25, 0.3) is 10.1 Å². The highest BCUT2D eigenvalue weighted by Gasteiger charge is 2.18. The maximum atomic E-state index is 3.65. The highest BCUT2D eigenvalue weighted by molar-refractivity contribution is 7.17. The topological polar surface area (TPSA) is 12.0 Å². The summed E-state index contributed by atoms with van der Waals surface area (Å²) in [6, 6.07) is 9.68. The average molecular weight is 231 g/mol. The second-order valence-corrected chi connectivity index (χ2v) is 5.81. The van der Waals surface area contributed by atoms with E-state index < -0.39 is 0 Å². The van der Waals surface area contributed by atoms with Gasteiger partial charge in [0.25, 0.3) is 0 Å². The maximum Gasteiger partial charge on any atom is 0.0342 e. The lowest BCUT2D eigenvalue weighted by molar-refractivity contribution is 0.333. The lowest BCUT2D eigenvalue weighted by atomic mass is 9.92. The zero-order valence-electron chi connectivity index (χ0n) is 9.57. The number of hydrogen-bond acceptors (Lipinski definition) is 2. The van der Waals surface area contributed by atoms with Crippen LogP contribution in [-0.2, 0) is 0 Å². The van der Waals surface area contributed by atoms with E-state index in [1.807, 2.05) is 11.3 Å². The first kappa shape index (κ1) is 10.3. The molecule has 1 fully saturated rings. The molecule has 0 bridgehead atoms. The van der Waals surface area contributed by atoms with Gasteiger partial charge in [-0.1, -0.05) is 13.0 Å². The molecule has 2 heterocycles. The van der Waals surface area contributed by atoms with Gasteiger partial charge in [0.2, 0.25) is 0 Å². The number of benzene rings is 1. The van der Waals surface area contributed by atoms with Gasteiger partial charge >= 0.3 is 0 Å². The van der Waals surface area contributed by atoms with Crippen LogP contribution in [0.2, 0.25) is 0 Å². The largest absolute Gasteiger partial charge is 0.310 e. The van der Waals surface area contributed by atoms with E-state index in [9.17, 15) is 0 Å². The molecule has 0 spiro atoms. The van der Waals surface area contributed by atoms with E-state index in [4.69, 9.17) is 0 Å². The summed E-state index contributed by atoms with van der Waals surface area (Å²) in [5.41, 5.74) is 1.46. The molecule has 0 unspecified atom stereocenters. The molecule has 2 heteroatoms. The lowest BCUT2D eigenvalue weighted by Crippen LogP contribution is -2.31. The lowest BCUT2D eigenvalue weighted by Gasteiger charge is -2.28. The Morgan fingerprint density at radius 1 is 1.25 bits per heavy atom. The summed E-state index contributed by atoms with van der Waals surface area (Å²) in [5.74, 6) is 0.834. The minimum absolute atomic E-state index is 0.570. The summed E-state index contributed by atoms with van der Waals surface area (Å²) in [7, 11) is 0. The van der Waals surface area contributed by atoms with Crippen LogP contribution < -0.4 is 5.32 Å². The van der Waals surface area contributed by atoms with Gasteiger partial charge in [0, 0.05) is 10.7 Å². The summed E-state index contributed by atoms with van der Waals surface area (Å²) in [5, 5.41) is 7.21. The van der Waals surface area contributed by atoms with E-state index in [1.165, 1.54) is 28.5 Å². The molecule has 1 aromatic carbocycles. The van der Waals surface area contributed by atoms with Crippen LogP contribution in [0.3, 0.4) is 0 Å². The number of rotatable bonds is 1. The van der Waals surface area contributed by atoms with Crippen LogP contribution in [0.1, 0.15) is 31.4 Å². The summed E-state index contributed by atoms with van der Waals surface area (Å²) < 4.78 is 1.40.